The summed E-state index contributed by atoms with van der Waals surface area (Å²) < 4.78 is 24.5. The van der Waals surface area contributed by atoms with Gasteiger partial charge < -0.3 is 61.1 Å². The number of amidine groups is 4. The van der Waals surface area contributed by atoms with Crippen molar-refractivity contribution in [3.63, 3.8) is 0 Å². The van der Waals surface area contributed by atoms with Crippen LogP contribution >= 0.6 is 47.8 Å². The van der Waals surface area contributed by atoms with Gasteiger partial charge in [-0.2, -0.15) is 5.26 Å². The summed E-state index contributed by atoms with van der Waals surface area (Å²) in [5.74, 6) is 3.47. The summed E-state index contributed by atoms with van der Waals surface area (Å²) in [6.07, 6.45) is 13.3. The van der Waals surface area contributed by atoms with E-state index in [1.165, 1.54) is 24.3 Å². The highest BCUT2D eigenvalue weighted by Gasteiger charge is 2.15. The van der Waals surface area contributed by atoms with Gasteiger partial charge in [-0.3, -0.25) is 54.9 Å². The molecule has 16 aromatic rings. The fraction of sp³-hybridized carbons (Fsp3) is 0. The lowest BCUT2D eigenvalue weighted by Crippen LogP contribution is -2.29. The van der Waals surface area contributed by atoms with Gasteiger partial charge in [0.1, 0.15) is 58.4 Å². The molecule has 0 aliphatic heterocycles. The summed E-state index contributed by atoms with van der Waals surface area (Å²) in [5.41, 5.74) is 38.0. The number of oxime groups is 2. The monoisotopic (exact) mass is 1840 g/mol. The molecular weight excluding hydrogens is 1770 g/mol. The predicted octanol–water partition coefficient (Wildman–Crippen LogP) is 17.9. The number of hydrogen-bond donors (Lipinski definition) is 10. The van der Waals surface area contributed by atoms with E-state index in [1.807, 2.05) is 140 Å². The van der Waals surface area contributed by atoms with Gasteiger partial charge in [0.05, 0.1) is 35.0 Å². The maximum absolute atomic E-state index is 10.6. The molecule has 0 aliphatic rings. The number of nitrogens with two attached hydrogens (primary N) is 4. The molecule has 0 spiro atoms. The maximum Gasteiger partial charge on any atom is 0.488 e. The average molecular weight is 1840 g/mol. The predicted molar refractivity (Wildman–Crippen MR) is 482 cm³/mol. The quantitative estimate of drug-likeness (QED) is 0.00557. The Labute approximate surface area is 733 Å². The van der Waals surface area contributed by atoms with E-state index in [9.17, 15) is 19.2 Å². The number of hydrogen-bond acceptors (Lipinski definition) is 23. The van der Waals surface area contributed by atoms with Crippen LogP contribution in [0.5, 0.6) is 0 Å². The van der Waals surface area contributed by atoms with E-state index in [2.05, 4.69) is 92.9 Å². The highest BCUT2D eigenvalue weighted by molar-refractivity contribution is 9.11. The largest absolute Gasteiger partial charge is 0.488 e. The number of nitriles is 1. The molecule has 32 heteroatoms. The molecule has 14 N–H and O–H groups in total. The van der Waals surface area contributed by atoms with Gasteiger partial charge in [-0.05, 0) is 180 Å². The van der Waals surface area contributed by atoms with Crippen LogP contribution in [-0.4, -0.2) is 106 Å². The third-order valence-corrected chi connectivity index (χ3v) is 18.7. The molecule has 0 amide bonds. The van der Waals surface area contributed by atoms with Crippen LogP contribution in [0.3, 0.4) is 0 Å². The van der Waals surface area contributed by atoms with Crippen LogP contribution in [0.2, 0.25) is 0 Å². The first kappa shape index (κ1) is 90.2. The number of pyridine rings is 6. The first-order valence-corrected chi connectivity index (χ1v) is 38.8. The molecule has 0 aliphatic carbocycles. The van der Waals surface area contributed by atoms with Gasteiger partial charge >= 0.3 is 7.12 Å². The maximum atomic E-state index is 10.6. The second kappa shape index (κ2) is 45.2. The summed E-state index contributed by atoms with van der Waals surface area (Å²) in [6.45, 7) is 6.94. The molecule has 0 fully saturated rings. The van der Waals surface area contributed by atoms with Crippen molar-refractivity contribution in [1.29, 1.82) is 16.1 Å². The Kier molecular flexibility index (Phi) is 32.9. The van der Waals surface area contributed by atoms with Crippen LogP contribution in [0.4, 0.5) is 5.69 Å². The number of benzene rings is 6. The van der Waals surface area contributed by atoms with Gasteiger partial charge in [0.2, 0.25) is 11.6 Å². The third kappa shape index (κ3) is 26.0. The number of nitrogens with zero attached hydrogens (tertiary/aromatic N) is 10. The Bertz CT molecular complexity index is 6390. The van der Waals surface area contributed by atoms with Crippen molar-refractivity contribution < 1.29 is 57.3 Å². The van der Waals surface area contributed by atoms with E-state index in [1.54, 1.807) is 146 Å². The van der Waals surface area contributed by atoms with Crippen LogP contribution in [0.25, 0.3) is 106 Å². The van der Waals surface area contributed by atoms with Crippen molar-refractivity contribution in [3.8, 4) is 108 Å². The van der Waals surface area contributed by atoms with Crippen molar-refractivity contribution in [2.45, 2.75) is 0 Å². The summed E-state index contributed by atoms with van der Waals surface area (Å²) in [7, 11) is -1.46. The van der Waals surface area contributed by atoms with E-state index < -0.39 is 7.12 Å². The highest BCUT2D eigenvalue weighted by Crippen LogP contribution is 2.31. The molecule has 0 bridgehead atoms. The van der Waals surface area contributed by atoms with Crippen LogP contribution in [0.15, 0.2) is 346 Å². The molecule has 0 radical (unpaired) electrons. The molecule has 0 saturated heterocycles. The minimum absolute atomic E-state index is 0.0407. The standard InChI is InChI=1S/C17H15N5O3.C17H15N5O.C17H9N3O.C17H11NO3.C12H8BrNO.C7H7BO3.C5H3Br2N/c18-16(21-23)11-3-1-10(2-4-11)13-6-5-12(9-20-13)14-7-8-15(25-14)17(19)22-24;18-16(19)11-3-1-10(2-4-11)13-6-5-12(9-22-13)14-7-8-15(23-14)17(20)21;1-19-14-5-2-12(3-6-14)16-8-4-13(11-20-16)17-9-7-15(10-18)21-17;19-10-12-1-3-13(4-2-12)16-7-5-14(9-18-16)17-8-6-15(11-20)21-17;13-11-5-6-12(14-7-11)10-3-1-9(8-15)2-4-10;9-5-6-1-3-7(4-2-6)8(10)11;6-4-1-2-5(7)8-3-4/h1-9,23-24H,(H2,18,21)(H2,19,22);1-9H,(H3,18,19)(H3,20,21);2-9,11H;1-11H;1-8H;1-5,10-11H;1-3H. The zero-order valence-electron chi connectivity index (χ0n) is 64.7. The normalized spacial score (nSPS) is 10.4. The fourth-order valence-electron chi connectivity index (χ4n) is 10.8. The number of nitrogen functional groups attached to an aromatic ring is 2. The number of aromatic nitrogens is 6. The molecule has 6 aromatic carbocycles. The zero-order valence-corrected chi connectivity index (χ0v) is 69.5. The first-order chi connectivity index (χ1) is 60.1. The first-order valence-electron chi connectivity index (χ1n) is 36.4. The molecule has 0 unspecified atom stereocenters. The van der Waals surface area contributed by atoms with Gasteiger partial charge in [-0.15, -0.1) is 0 Å². The van der Waals surface area contributed by atoms with Crippen LogP contribution in [-0.2, 0) is 0 Å². The van der Waals surface area contributed by atoms with E-state index in [0.29, 0.717) is 86.1 Å². The molecule has 0 saturated carbocycles. The average Bonchev–Trinajstić information content (AvgIpc) is 1.38. The van der Waals surface area contributed by atoms with Crippen molar-refractivity contribution in [1.82, 2.24) is 29.9 Å². The smallest absolute Gasteiger partial charge is 0.453 e. The molecule has 124 heavy (non-hydrogen) atoms. The molecule has 612 valence electrons. The number of carbonyl (C=O) groups excluding carboxylic acids is 4. The summed E-state index contributed by atoms with van der Waals surface area (Å²) >= 11 is 9.81. The van der Waals surface area contributed by atoms with Crippen molar-refractivity contribution in [2.75, 3.05) is 0 Å². The third-order valence-electron chi connectivity index (χ3n) is 17.3. The molecular formula is C92H68BBr3N16O12. The van der Waals surface area contributed by atoms with Crippen LogP contribution in [0.1, 0.15) is 70.0 Å². The van der Waals surface area contributed by atoms with Gasteiger partial charge in [0.25, 0.3) is 0 Å². The zero-order chi connectivity index (χ0) is 88.4. The lowest BCUT2D eigenvalue weighted by Gasteiger charge is -2.04. The highest BCUT2D eigenvalue weighted by atomic mass is 79.9. The fourth-order valence-corrected chi connectivity index (χ4v) is 11.5. The molecule has 0 atom stereocenters. The van der Waals surface area contributed by atoms with Crippen LogP contribution in [0, 0.1) is 28.7 Å². The van der Waals surface area contributed by atoms with Gasteiger partial charge in [0, 0.05) is 118 Å². The molecule has 28 nitrogen and oxygen atoms in total. The lowest BCUT2D eigenvalue weighted by molar-refractivity contribution is 0.109. The van der Waals surface area contributed by atoms with Crippen molar-refractivity contribution in [2.24, 2.45) is 33.2 Å². The van der Waals surface area contributed by atoms with E-state index in [0.717, 1.165) is 105 Å². The lowest BCUT2D eigenvalue weighted by atomic mass is 9.80. The summed E-state index contributed by atoms with van der Waals surface area (Å²) in [4.78, 5) is 71.1. The summed E-state index contributed by atoms with van der Waals surface area (Å²) in [6, 6.07) is 80.5. The Morgan fingerprint density at radius 1 is 0.387 bits per heavy atom. The van der Waals surface area contributed by atoms with Crippen molar-refractivity contribution >= 4 is 115 Å². The minimum Gasteiger partial charge on any atom is -0.453 e. The minimum atomic E-state index is -1.46. The topological polar surface area (TPSA) is 484 Å². The number of nitrogens with one attached hydrogen (secondary N) is 2. The van der Waals surface area contributed by atoms with Gasteiger partial charge in [0.15, 0.2) is 40.9 Å². The summed E-state index contributed by atoms with van der Waals surface area (Å²) in [5, 5.41) is 64.0. The van der Waals surface area contributed by atoms with E-state index in [-0.39, 0.29) is 34.9 Å². The SMILES string of the molecule is Brc1ccc(Br)nc1.N/C(=N\O)c1ccc(-c2ccc(-c3ccc(/C(N)=N\O)cc3)nc2)o1.N=C(N)c1ccc(-c2ccc(-c3ccc(C(=N)N)o3)cn2)cc1.O=Cc1ccc(-c2ccc(-c3ccc(C=O)o3)cn2)cc1.O=Cc1ccc(-c2ccc(Br)cn2)cc1.O=Cc1ccc(B(O)O)cc1.[C-]#[N+]c1ccc(-c2ccc(-c3ccc(C#N)o3)cn2)cc1. The Morgan fingerprint density at radius 3 is 1.07 bits per heavy atom. The number of rotatable bonds is 18. The number of aldehydes is 4. The molecule has 10 heterocycles. The van der Waals surface area contributed by atoms with Crippen LogP contribution < -0.4 is 28.4 Å². The Morgan fingerprint density at radius 2 is 0.742 bits per heavy atom. The number of furan rings is 4. The van der Waals surface area contributed by atoms with Crippen molar-refractivity contribution in [3.05, 3.63) is 380 Å². The second-order valence-electron chi connectivity index (χ2n) is 25.6. The van der Waals surface area contributed by atoms with E-state index in [4.69, 9.17) is 83.7 Å². The number of halogens is 3. The van der Waals surface area contributed by atoms with Gasteiger partial charge in [-0.1, -0.05) is 156 Å². The second-order valence-corrected chi connectivity index (χ2v) is 28.2. The molecule has 10 aromatic heterocycles. The Hall–Kier alpha value is -16.1. The van der Waals surface area contributed by atoms with E-state index >= 15 is 0 Å². The number of carbonyl (C=O) groups is 4. The molecule has 16 rings (SSSR count). The Balaban J connectivity index is 0.000000155. The van der Waals surface area contributed by atoms with Gasteiger partial charge in [-0.25, -0.2) is 9.83 Å².